The van der Waals surface area contributed by atoms with Crippen molar-refractivity contribution in [3.05, 3.63) is 30.1 Å². The van der Waals surface area contributed by atoms with Crippen LogP contribution in [0.25, 0.3) is 0 Å². The van der Waals surface area contributed by atoms with E-state index in [4.69, 9.17) is 0 Å². The lowest BCUT2D eigenvalue weighted by Crippen LogP contribution is -2.12. The van der Waals surface area contributed by atoms with Crippen LogP contribution in [0, 0.1) is 5.82 Å². The predicted molar refractivity (Wildman–Crippen MR) is 51.5 cm³/mol. The van der Waals surface area contributed by atoms with Crippen molar-refractivity contribution in [2.24, 2.45) is 0 Å². The number of hydrogen-bond acceptors (Lipinski definition) is 0. The minimum absolute atomic E-state index is 0.164. The van der Waals surface area contributed by atoms with Crippen LogP contribution < -0.4 is 5.46 Å². The first kappa shape index (κ1) is 9.30. The van der Waals surface area contributed by atoms with Gasteiger partial charge < -0.3 is 0 Å². The van der Waals surface area contributed by atoms with Crippen molar-refractivity contribution in [2.75, 3.05) is 0 Å². The zero-order chi connectivity index (χ0) is 8.81. The van der Waals surface area contributed by atoms with Crippen LogP contribution in [0.2, 0.25) is 6.32 Å². The molecule has 0 atom stereocenters. The van der Waals surface area contributed by atoms with E-state index in [0.717, 1.165) is 11.8 Å². The van der Waals surface area contributed by atoms with Gasteiger partial charge in [-0.05, 0) is 12.1 Å². The van der Waals surface area contributed by atoms with Gasteiger partial charge in [0.1, 0.15) is 5.82 Å². The smallest absolute Gasteiger partial charge is 0.151 e. The highest BCUT2D eigenvalue weighted by Gasteiger charge is 1.94. The van der Waals surface area contributed by atoms with E-state index < -0.39 is 0 Å². The van der Waals surface area contributed by atoms with Gasteiger partial charge in [-0.15, -0.1) is 0 Å². The molecule has 0 aliphatic rings. The summed E-state index contributed by atoms with van der Waals surface area (Å²) in [6.45, 7) is 2.17. The highest BCUT2D eigenvalue weighted by molar-refractivity contribution is 6.53. The van der Waals surface area contributed by atoms with Crippen molar-refractivity contribution < 1.29 is 4.39 Å². The molecule has 0 bridgehead atoms. The molecule has 1 aromatic carbocycles. The van der Waals surface area contributed by atoms with Crippen LogP contribution in [0.15, 0.2) is 24.3 Å². The van der Waals surface area contributed by atoms with Crippen LogP contribution in [0.5, 0.6) is 0 Å². The normalized spacial score (nSPS) is 9.83. The molecule has 1 rings (SSSR count). The number of rotatable bonds is 4. The van der Waals surface area contributed by atoms with E-state index in [1.165, 1.54) is 25.0 Å². The molecule has 63 valence electrons. The van der Waals surface area contributed by atoms with E-state index in [0.29, 0.717) is 0 Å². The fourth-order valence-electron chi connectivity index (χ4n) is 1.07. The van der Waals surface area contributed by atoms with E-state index in [9.17, 15) is 4.39 Å². The summed E-state index contributed by atoms with van der Waals surface area (Å²) >= 11 is 0. The molecule has 12 heavy (non-hydrogen) atoms. The first-order valence-electron chi connectivity index (χ1n) is 4.41. The fourth-order valence-corrected chi connectivity index (χ4v) is 1.07. The van der Waals surface area contributed by atoms with Crippen LogP contribution in [0.4, 0.5) is 4.39 Å². The van der Waals surface area contributed by atoms with Gasteiger partial charge in [-0.3, -0.25) is 0 Å². The fraction of sp³-hybridized carbons (Fsp3) is 0.400. The van der Waals surface area contributed by atoms with Crippen molar-refractivity contribution in [2.45, 2.75) is 26.1 Å². The number of halogens is 1. The molecule has 0 fully saturated rings. The Bertz CT molecular complexity index is 218. The maximum Gasteiger partial charge on any atom is 0.151 e. The van der Waals surface area contributed by atoms with Crippen LogP contribution in [0.3, 0.4) is 0 Å². The van der Waals surface area contributed by atoms with Crippen molar-refractivity contribution >= 4 is 12.7 Å². The third-order valence-electron chi connectivity index (χ3n) is 1.81. The first-order chi connectivity index (χ1) is 5.83. The molecule has 1 aromatic rings. The average Bonchev–Trinajstić information content (AvgIpc) is 2.09. The zero-order valence-electron chi connectivity index (χ0n) is 7.39. The van der Waals surface area contributed by atoms with Crippen molar-refractivity contribution in [3.63, 3.8) is 0 Å². The van der Waals surface area contributed by atoms with Gasteiger partial charge in [-0.25, -0.2) is 4.39 Å². The Morgan fingerprint density at radius 2 is 1.92 bits per heavy atom. The maximum atomic E-state index is 12.5. The van der Waals surface area contributed by atoms with Gasteiger partial charge in [-0.2, -0.15) is 0 Å². The summed E-state index contributed by atoms with van der Waals surface area (Å²) in [5.74, 6) is -0.164. The van der Waals surface area contributed by atoms with Gasteiger partial charge in [0, 0.05) is 0 Å². The summed E-state index contributed by atoms with van der Waals surface area (Å²) < 4.78 is 12.5. The van der Waals surface area contributed by atoms with Crippen LogP contribution in [-0.2, 0) is 0 Å². The number of hydrogen-bond donors (Lipinski definition) is 0. The van der Waals surface area contributed by atoms with Gasteiger partial charge in [0.15, 0.2) is 7.28 Å². The van der Waals surface area contributed by atoms with E-state index in [-0.39, 0.29) is 5.82 Å². The minimum Gasteiger partial charge on any atom is -0.207 e. The standard InChI is InChI=1S/C10H13BF/c1-2-3-8-11-9-4-6-10(12)7-5-9/h4-7H,2-3,8H2,1H3. The molecular formula is C10H13BF. The second-order valence-electron chi connectivity index (χ2n) is 2.90. The average molecular weight is 163 g/mol. The van der Waals surface area contributed by atoms with Crippen LogP contribution in [0.1, 0.15) is 19.8 Å². The van der Waals surface area contributed by atoms with E-state index >= 15 is 0 Å². The Balaban J connectivity index is 2.37. The SMILES string of the molecule is CCCC[B]c1ccc(F)cc1. The molecule has 0 unspecified atom stereocenters. The molecular weight excluding hydrogens is 150 g/mol. The molecule has 0 aliphatic carbocycles. The van der Waals surface area contributed by atoms with E-state index in [1.807, 2.05) is 12.1 Å². The number of benzene rings is 1. The van der Waals surface area contributed by atoms with Crippen LogP contribution in [-0.4, -0.2) is 7.28 Å². The summed E-state index contributed by atoms with van der Waals surface area (Å²) in [6.07, 6.45) is 3.50. The third kappa shape index (κ3) is 3.08. The lowest BCUT2D eigenvalue weighted by Gasteiger charge is -1.97. The Hall–Kier alpha value is -0.785. The highest BCUT2D eigenvalue weighted by atomic mass is 19.1. The van der Waals surface area contributed by atoms with E-state index in [1.54, 1.807) is 0 Å². The van der Waals surface area contributed by atoms with Gasteiger partial charge in [0.2, 0.25) is 0 Å². The zero-order valence-corrected chi connectivity index (χ0v) is 7.39. The predicted octanol–water partition coefficient (Wildman–Crippen LogP) is 2.37. The van der Waals surface area contributed by atoms with Crippen LogP contribution >= 0.6 is 0 Å². The minimum atomic E-state index is -0.164. The maximum absolute atomic E-state index is 12.5. The summed E-state index contributed by atoms with van der Waals surface area (Å²) in [5, 5.41) is 0. The summed E-state index contributed by atoms with van der Waals surface area (Å²) in [4.78, 5) is 0. The molecule has 1 radical (unpaired) electrons. The quantitative estimate of drug-likeness (QED) is 0.472. The molecule has 0 N–H and O–H groups in total. The lowest BCUT2D eigenvalue weighted by atomic mass is 9.66. The summed E-state index contributed by atoms with van der Waals surface area (Å²) in [6, 6.07) is 6.62. The Morgan fingerprint density at radius 3 is 2.50 bits per heavy atom. The molecule has 0 saturated heterocycles. The molecule has 0 saturated carbocycles. The molecule has 0 spiro atoms. The topological polar surface area (TPSA) is 0 Å². The Labute approximate surface area is 74.0 Å². The summed E-state index contributed by atoms with van der Waals surface area (Å²) in [7, 11) is 2.14. The van der Waals surface area contributed by atoms with Crippen molar-refractivity contribution in [1.82, 2.24) is 0 Å². The second-order valence-corrected chi connectivity index (χ2v) is 2.90. The van der Waals surface area contributed by atoms with Crippen molar-refractivity contribution in [3.8, 4) is 0 Å². The monoisotopic (exact) mass is 163 g/mol. The van der Waals surface area contributed by atoms with Gasteiger partial charge in [-0.1, -0.05) is 43.7 Å². The number of unbranched alkanes of at least 4 members (excludes halogenated alkanes) is 1. The van der Waals surface area contributed by atoms with Gasteiger partial charge in [0.05, 0.1) is 0 Å². The summed E-state index contributed by atoms with van der Waals surface area (Å²) in [5.41, 5.74) is 1.12. The molecule has 0 aliphatic heterocycles. The second kappa shape index (κ2) is 4.97. The van der Waals surface area contributed by atoms with Crippen molar-refractivity contribution in [1.29, 1.82) is 0 Å². The first-order valence-corrected chi connectivity index (χ1v) is 4.41. The third-order valence-corrected chi connectivity index (χ3v) is 1.81. The van der Waals surface area contributed by atoms with Gasteiger partial charge >= 0.3 is 0 Å². The molecule has 0 nitrogen and oxygen atoms in total. The van der Waals surface area contributed by atoms with Gasteiger partial charge in [0.25, 0.3) is 0 Å². The Morgan fingerprint density at radius 1 is 1.25 bits per heavy atom. The van der Waals surface area contributed by atoms with E-state index in [2.05, 4.69) is 14.2 Å². The molecule has 0 heterocycles. The highest BCUT2D eigenvalue weighted by Crippen LogP contribution is 1.96. The molecule has 0 aromatic heterocycles. The Kier molecular flexibility index (Phi) is 3.85. The molecule has 0 amide bonds. The molecule has 2 heteroatoms. The lowest BCUT2D eigenvalue weighted by molar-refractivity contribution is 0.628. The largest absolute Gasteiger partial charge is 0.207 e.